The molecule has 21 aromatic carbocycles. The summed E-state index contributed by atoms with van der Waals surface area (Å²) in [5, 5.41) is 16.0. The quantitative estimate of drug-likeness (QED) is 0.118. The van der Waals surface area contributed by atoms with E-state index in [9.17, 15) is 0 Å². The van der Waals surface area contributed by atoms with Crippen LogP contribution in [0.1, 0.15) is 0 Å². The third kappa shape index (κ3) is 14.7. The Balaban J connectivity index is 0.000000108. The lowest BCUT2D eigenvalue weighted by Gasteiger charge is -2.14. The van der Waals surface area contributed by atoms with E-state index in [0.29, 0.717) is 0 Å². The summed E-state index contributed by atoms with van der Waals surface area (Å²) in [6, 6.07) is 165. The molecular formula is C126H78N6O3. The summed E-state index contributed by atoms with van der Waals surface area (Å²) < 4.78 is 18.4. The molecule has 6 aromatic heterocycles. The zero-order chi connectivity index (χ0) is 89.2. The maximum absolute atomic E-state index is 6.15. The van der Waals surface area contributed by atoms with E-state index >= 15 is 0 Å². The molecule has 0 aliphatic rings. The highest BCUT2D eigenvalue weighted by Gasteiger charge is 2.23. The molecule has 0 saturated heterocycles. The maximum Gasteiger partial charge on any atom is 0.161 e. The minimum Gasteiger partial charge on any atom is -0.456 e. The molecule has 0 fully saturated rings. The van der Waals surface area contributed by atoms with Gasteiger partial charge in [0.1, 0.15) is 33.5 Å². The summed E-state index contributed by atoms with van der Waals surface area (Å²) in [6.07, 6.45) is 0. The van der Waals surface area contributed by atoms with E-state index in [1.54, 1.807) is 0 Å². The Morgan fingerprint density at radius 1 is 0.141 bits per heavy atom. The lowest BCUT2D eigenvalue weighted by molar-refractivity contribution is 0.668. The first-order valence-electron chi connectivity index (χ1n) is 45.5. The van der Waals surface area contributed by atoms with E-state index in [4.69, 9.17) is 43.2 Å². The summed E-state index contributed by atoms with van der Waals surface area (Å²) >= 11 is 0. The van der Waals surface area contributed by atoms with Gasteiger partial charge in [0.05, 0.1) is 44.8 Å². The Kier molecular flexibility index (Phi) is 19.7. The Morgan fingerprint density at radius 3 is 1.04 bits per heavy atom. The molecule has 0 saturated carbocycles. The van der Waals surface area contributed by atoms with E-state index < -0.39 is 0 Å². The molecule has 0 atom stereocenters. The number of fused-ring (bicyclic) bond motifs is 15. The van der Waals surface area contributed by atoms with Gasteiger partial charge in [-0.3, -0.25) is 0 Å². The first kappa shape index (κ1) is 79.0. The molecule has 0 bridgehead atoms. The second kappa shape index (κ2) is 33.7. The Hall–Kier alpha value is -18.2. The lowest BCUT2D eigenvalue weighted by atomic mass is 9.96. The lowest BCUT2D eigenvalue weighted by Crippen LogP contribution is -1.97. The summed E-state index contributed by atoms with van der Waals surface area (Å²) in [7, 11) is 0. The van der Waals surface area contributed by atoms with Crippen molar-refractivity contribution in [3.63, 3.8) is 0 Å². The van der Waals surface area contributed by atoms with Crippen LogP contribution in [0.15, 0.2) is 486 Å². The molecule has 27 rings (SSSR count). The number of hydrogen-bond donors (Lipinski definition) is 0. The second-order valence-electron chi connectivity index (χ2n) is 34.2. The molecule has 0 N–H and O–H groups in total. The van der Waals surface area contributed by atoms with Crippen LogP contribution in [0.4, 0.5) is 0 Å². The van der Waals surface area contributed by atoms with Gasteiger partial charge >= 0.3 is 0 Å². The third-order valence-corrected chi connectivity index (χ3v) is 26.1. The van der Waals surface area contributed by atoms with Gasteiger partial charge in [0.25, 0.3) is 0 Å². The molecule has 135 heavy (non-hydrogen) atoms. The number of benzene rings is 21. The van der Waals surface area contributed by atoms with Crippen molar-refractivity contribution in [3.8, 4) is 135 Å². The Morgan fingerprint density at radius 2 is 0.496 bits per heavy atom. The molecule has 0 radical (unpaired) electrons. The fourth-order valence-electron chi connectivity index (χ4n) is 19.5. The topological polar surface area (TPSA) is 117 Å². The summed E-state index contributed by atoms with van der Waals surface area (Å²) in [5.74, 6) is 1.45. The minimum absolute atomic E-state index is 0.721. The van der Waals surface area contributed by atoms with Crippen molar-refractivity contribution in [2.45, 2.75) is 0 Å². The first-order chi connectivity index (χ1) is 66.9. The van der Waals surface area contributed by atoms with Crippen LogP contribution in [0.3, 0.4) is 0 Å². The van der Waals surface area contributed by atoms with Gasteiger partial charge in [-0.25, -0.2) is 29.9 Å². The number of hydrogen-bond acceptors (Lipinski definition) is 9. The molecule has 0 aliphatic carbocycles. The van der Waals surface area contributed by atoms with Gasteiger partial charge in [-0.15, -0.1) is 0 Å². The predicted octanol–water partition coefficient (Wildman–Crippen LogP) is 34.1. The number of aromatic nitrogens is 6. The largest absolute Gasteiger partial charge is 0.456 e. The van der Waals surface area contributed by atoms with E-state index in [2.05, 4.69) is 388 Å². The van der Waals surface area contributed by atoms with E-state index in [1.807, 2.05) is 84.9 Å². The summed E-state index contributed by atoms with van der Waals surface area (Å²) in [6.45, 7) is 0. The molecule has 6 heterocycles. The van der Waals surface area contributed by atoms with Gasteiger partial charge in [-0.2, -0.15) is 0 Å². The molecule has 0 unspecified atom stereocenters. The minimum atomic E-state index is 0.721. The van der Waals surface area contributed by atoms with Crippen LogP contribution >= 0.6 is 0 Å². The van der Waals surface area contributed by atoms with Crippen molar-refractivity contribution >= 4 is 131 Å². The number of furan rings is 3. The zero-order valence-corrected chi connectivity index (χ0v) is 72.9. The van der Waals surface area contributed by atoms with Crippen molar-refractivity contribution in [1.29, 1.82) is 0 Å². The number of rotatable bonds is 12. The molecular weight excluding hydrogens is 1650 g/mol. The highest BCUT2D eigenvalue weighted by atomic mass is 16.3. The predicted molar refractivity (Wildman–Crippen MR) is 558 cm³/mol. The monoisotopic (exact) mass is 1720 g/mol. The van der Waals surface area contributed by atoms with Gasteiger partial charge in [0, 0.05) is 82.0 Å². The van der Waals surface area contributed by atoms with Gasteiger partial charge in [-0.05, 0) is 172 Å². The van der Waals surface area contributed by atoms with Crippen LogP contribution in [0.25, 0.3) is 266 Å². The van der Waals surface area contributed by atoms with Gasteiger partial charge in [0.2, 0.25) is 0 Å². The SMILES string of the molecule is c1ccc(-c2nc(-c3ccc4ccccc4c3)c3ccc(-c4ccc(-c5cccc6oc7ccccc7c56)cc4)cc3n2)cc1.c1ccc(-c2nc(-c3cccc4ccccc34)nc3ccc(-c4ccc(-c5cccc6oc7ccccc7c56)cc4)cc23)cc1.c1ccc(-c2nc3c(-c4ccc(-c5cccc6oc7ccccc7c56)cc4)cccc3nc2-c2ccc3ccccc3c2)cc1. The van der Waals surface area contributed by atoms with E-state index in [0.717, 1.165) is 227 Å². The molecule has 0 amide bonds. The maximum atomic E-state index is 6.15. The Bertz CT molecular complexity index is 9290. The second-order valence-corrected chi connectivity index (χ2v) is 34.2. The number of para-hydroxylation sites is 4. The molecule has 9 heteroatoms. The van der Waals surface area contributed by atoms with Crippen LogP contribution in [-0.2, 0) is 0 Å². The molecule has 27 aromatic rings. The molecule has 630 valence electrons. The third-order valence-electron chi connectivity index (χ3n) is 26.1. The van der Waals surface area contributed by atoms with E-state index in [1.165, 1.54) is 38.1 Å². The van der Waals surface area contributed by atoms with Crippen LogP contribution in [0, 0.1) is 0 Å². The Labute approximate surface area is 776 Å². The van der Waals surface area contributed by atoms with Crippen LogP contribution in [0.5, 0.6) is 0 Å². The summed E-state index contributed by atoms with van der Waals surface area (Å²) in [5.41, 5.74) is 32.6. The average Bonchev–Trinajstić information content (AvgIpc) is 1.59. The summed E-state index contributed by atoms with van der Waals surface area (Å²) in [4.78, 5) is 31.1. The number of nitrogens with zero attached hydrogens (tertiary/aromatic N) is 6. The van der Waals surface area contributed by atoms with Crippen molar-refractivity contribution in [1.82, 2.24) is 29.9 Å². The standard InChI is InChI=1S/3C42H26N2O/c1-2-11-30(12-3-1)41-36-26-31(24-25-37(36)43-42(44-41)34-17-8-13-28-10-4-5-14-32(28)34)27-20-22-29(23-21-27)33-16-9-19-39-40(33)35-15-6-7-18-38(35)45-39;1-2-11-30(12-3-1)40-41(32-25-20-27-10-4-5-13-31(27)26-32)43-36-17-8-16-34(42(36)44-40)29-23-21-28(22-24-29)33-15-9-19-38-39(33)35-14-6-7-18-37(35)45-38;1-2-10-30(11-3-1)42-43-37-26-32(23-24-35(37)41(44-42)33-22-19-27-9-4-5-12-31(27)25-33)28-17-20-29(21-18-28)34-14-8-16-39-40(34)36-13-6-7-15-38(36)45-39/h3*1-26H. The molecule has 9 nitrogen and oxygen atoms in total. The van der Waals surface area contributed by atoms with Crippen molar-refractivity contribution in [2.75, 3.05) is 0 Å². The highest BCUT2D eigenvalue weighted by Crippen LogP contribution is 2.45. The van der Waals surface area contributed by atoms with Crippen molar-refractivity contribution in [3.05, 3.63) is 473 Å². The average molecular weight is 1720 g/mol. The highest BCUT2D eigenvalue weighted by molar-refractivity contribution is 6.16. The molecule has 0 spiro atoms. The van der Waals surface area contributed by atoms with Crippen LogP contribution < -0.4 is 0 Å². The fourth-order valence-corrected chi connectivity index (χ4v) is 19.5. The van der Waals surface area contributed by atoms with Crippen LogP contribution in [0.2, 0.25) is 0 Å². The van der Waals surface area contributed by atoms with Crippen molar-refractivity contribution < 1.29 is 13.3 Å². The van der Waals surface area contributed by atoms with Gasteiger partial charge in [-0.1, -0.05) is 394 Å². The fraction of sp³-hybridized carbons (Fsp3) is 0. The molecule has 0 aliphatic heterocycles. The van der Waals surface area contributed by atoms with Gasteiger partial charge < -0.3 is 13.3 Å². The van der Waals surface area contributed by atoms with Crippen LogP contribution in [-0.4, -0.2) is 29.9 Å². The first-order valence-corrected chi connectivity index (χ1v) is 45.5. The van der Waals surface area contributed by atoms with Crippen molar-refractivity contribution in [2.24, 2.45) is 0 Å². The normalized spacial score (nSPS) is 11.6. The smallest absolute Gasteiger partial charge is 0.161 e. The van der Waals surface area contributed by atoms with E-state index in [-0.39, 0.29) is 0 Å². The zero-order valence-electron chi connectivity index (χ0n) is 72.9. The van der Waals surface area contributed by atoms with Gasteiger partial charge in [0.15, 0.2) is 11.6 Å².